The van der Waals surface area contributed by atoms with Gasteiger partial charge in [-0.2, -0.15) is 5.10 Å². The van der Waals surface area contributed by atoms with Gasteiger partial charge in [0.05, 0.1) is 5.69 Å². The van der Waals surface area contributed by atoms with Gasteiger partial charge in [0.1, 0.15) is 6.54 Å². The van der Waals surface area contributed by atoms with Crippen LogP contribution in [0.2, 0.25) is 5.02 Å². The third-order valence-corrected chi connectivity index (χ3v) is 2.46. The second-order valence-electron chi connectivity index (χ2n) is 3.59. The number of hydrogen-bond acceptors (Lipinski definition) is 2. The van der Waals surface area contributed by atoms with E-state index in [4.69, 9.17) is 11.6 Å². The molecular formula is C12H11ClN2O. The van der Waals surface area contributed by atoms with E-state index in [0.29, 0.717) is 10.6 Å². The number of benzene rings is 1. The van der Waals surface area contributed by atoms with Crippen LogP contribution < -0.4 is 0 Å². The molecule has 1 aromatic heterocycles. The Balaban J connectivity index is 2.14. The Kier molecular flexibility index (Phi) is 3.06. The summed E-state index contributed by atoms with van der Waals surface area (Å²) in [7, 11) is 0. The molecule has 4 heteroatoms. The molecular weight excluding hydrogens is 224 g/mol. The fourth-order valence-electron chi connectivity index (χ4n) is 1.45. The predicted molar refractivity (Wildman–Crippen MR) is 62.7 cm³/mol. The maximum atomic E-state index is 11.9. The zero-order valence-electron chi connectivity index (χ0n) is 8.85. The number of rotatable bonds is 3. The monoisotopic (exact) mass is 234 g/mol. The maximum absolute atomic E-state index is 11.9. The summed E-state index contributed by atoms with van der Waals surface area (Å²) in [6.07, 6.45) is 1.79. The molecule has 0 spiro atoms. The Labute approximate surface area is 98.7 Å². The van der Waals surface area contributed by atoms with Crippen LogP contribution in [0.1, 0.15) is 16.1 Å². The number of halogens is 1. The molecule has 0 fully saturated rings. The number of hydrogen-bond donors (Lipinski definition) is 0. The highest BCUT2D eigenvalue weighted by Gasteiger charge is 2.07. The van der Waals surface area contributed by atoms with Crippen molar-refractivity contribution in [2.24, 2.45) is 0 Å². The van der Waals surface area contributed by atoms with E-state index in [2.05, 4.69) is 5.10 Å². The molecule has 2 aromatic rings. The molecule has 0 unspecified atom stereocenters. The molecule has 1 aromatic carbocycles. The fraction of sp³-hybridized carbons (Fsp3) is 0.167. The Morgan fingerprint density at radius 1 is 1.44 bits per heavy atom. The van der Waals surface area contributed by atoms with E-state index in [1.807, 2.05) is 13.0 Å². The van der Waals surface area contributed by atoms with Crippen LogP contribution in [0.3, 0.4) is 0 Å². The third-order valence-electron chi connectivity index (χ3n) is 2.23. The fourth-order valence-corrected chi connectivity index (χ4v) is 1.64. The van der Waals surface area contributed by atoms with Gasteiger partial charge in [0.2, 0.25) is 0 Å². The normalized spacial score (nSPS) is 10.4. The summed E-state index contributed by atoms with van der Waals surface area (Å²) in [5, 5.41) is 4.73. The lowest BCUT2D eigenvalue weighted by Crippen LogP contribution is -2.10. The summed E-state index contributed by atoms with van der Waals surface area (Å²) in [6, 6.07) is 8.80. The van der Waals surface area contributed by atoms with Gasteiger partial charge in [0.25, 0.3) is 0 Å². The zero-order chi connectivity index (χ0) is 11.5. The average Bonchev–Trinajstić information content (AvgIpc) is 2.64. The van der Waals surface area contributed by atoms with Crippen LogP contribution in [-0.2, 0) is 6.54 Å². The smallest absolute Gasteiger partial charge is 0.184 e. The van der Waals surface area contributed by atoms with Crippen LogP contribution in [0.5, 0.6) is 0 Å². The quantitative estimate of drug-likeness (QED) is 0.766. The summed E-state index contributed by atoms with van der Waals surface area (Å²) in [5.41, 5.74) is 1.51. The molecule has 0 bridgehead atoms. The van der Waals surface area contributed by atoms with E-state index in [9.17, 15) is 4.79 Å². The number of nitrogens with zero attached hydrogens (tertiary/aromatic N) is 2. The van der Waals surface area contributed by atoms with E-state index in [0.717, 1.165) is 5.69 Å². The zero-order valence-corrected chi connectivity index (χ0v) is 9.61. The number of carbonyl (C=O) groups excluding carboxylic acids is 1. The second-order valence-corrected chi connectivity index (χ2v) is 4.02. The van der Waals surface area contributed by atoms with Gasteiger partial charge < -0.3 is 0 Å². The minimum atomic E-state index is 0.00519. The van der Waals surface area contributed by atoms with E-state index in [1.54, 1.807) is 35.1 Å². The summed E-state index contributed by atoms with van der Waals surface area (Å²) in [6.45, 7) is 2.13. The maximum Gasteiger partial charge on any atom is 0.184 e. The van der Waals surface area contributed by atoms with Gasteiger partial charge in [-0.25, -0.2) is 0 Å². The molecule has 3 nitrogen and oxygen atoms in total. The largest absolute Gasteiger partial charge is 0.292 e. The Hall–Kier alpha value is -1.61. The van der Waals surface area contributed by atoms with Gasteiger partial charge in [-0.1, -0.05) is 23.7 Å². The van der Waals surface area contributed by atoms with Crippen molar-refractivity contribution in [3.63, 3.8) is 0 Å². The van der Waals surface area contributed by atoms with E-state index in [-0.39, 0.29) is 12.3 Å². The van der Waals surface area contributed by atoms with E-state index >= 15 is 0 Å². The lowest BCUT2D eigenvalue weighted by atomic mass is 10.1. The Morgan fingerprint density at radius 3 is 2.88 bits per heavy atom. The molecule has 82 valence electrons. The Morgan fingerprint density at radius 2 is 2.25 bits per heavy atom. The van der Waals surface area contributed by atoms with Crippen molar-refractivity contribution in [3.8, 4) is 0 Å². The molecule has 1 heterocycles. The van der Waals surface area contributed by atoms with Gasteiger partial charge >= 0.3 is 0 Å². The van der Waals surface area contributed by atoms with Gasteiger partial charge in [-0.15, -0.1) is 0 Å². The van der Waals surface area contributed by atoms with Crippen LogP contribution in [0.4, 0.5) is 0 Å². The summed E-state index contributed by atoms with van der Waals surface area (Å²) in [4.78, 5) is 11.9. The summed E-state index contributed by atoms with van der Waals surface area (Å²) < 4.78 is 1.62. The lowest BCUT2D eigenvalue weighted by Gasteiger charge is -2.01. The van der Waals surface area contributed by atoms with Crippen molar-refractivity contribution in [2.75, 3.05) is 0 Å². The third kappa shape index (κ3) is 2.49. The number of ketones is 1. The standard InChI is InChI=1S/C12H11ClN2O/c1-9-5-6-15(14-9)8-12(16)10-3-2-4-11(13)7-10/h2-7H,8H2,1H3. The number of carbonyl (C=O) groups is 1. The van der Waals surface area contributed by atoms with Gasteiger partial charge in [0.15, 0.2) is 5.78 Å². The molecule has 0 aliphatic heterocycles. The molecule has 0 saturated heterocycles. The van der Waals surface area contributed by atoms with Crippen molar-refractivity contribution in [3.05, 3.63) is 52.8 Å². The topological polar surface area (TPSA) is 34.9 Å². The highest BCUT2D eigenvalue weighted by molar-refractivity contribution is 6.31. The highest BCUT2D eigenvalue weighted by Crippen LogP contribution is 2.11. The molecule has 0 aliphatic rings. The lowest BCUT2D eigenvalue weighted by molar-refractivity contribution is 0.0967. The number of aromatic nitrogens is 2. The molecule has 0 N–H and O–H groups in total. The summed E-state index contributed by atoms with van der Waals surface area (Å²) in [5.74, 6) is 0.00519. The first kappa shape index (κ1) is 10.9. The van der Waals surface area contributed by atoms with Crippen LogP contribution in [0.15, 0.2) is 36.5 Å². The predicted octanol–water partition coefficient (Wildman–Crippen LogP) is 2.73. The highest BCUT2D eigenvalue weighted by atomic mass is 35.5. The van der Waals surface area contributed by atoms with Gasteiger partial charge in [-0.05, 0) is 25.1 Å². The average molecular weight is 235 g/mol. The molecule has 2 rings (SSSR count). The first-order valence-corrected chi connectivity index (χ1v) is 5.32. The van der Waals surface area contributed by atoms with Crippen LogP contribution >= 0.6 is 11.6 Å². The molecule has 0 aliphatic carbocycles. The molecule has 0 atom stereocenters. The Bertz CT molecular complexity index is 519. The van der Waals surface area contributed by atoms with Crippen molar-refractivity contribution in [2.45, 2.75) is 13.5 Å². The van der Waals surface area contributed by atoms with Crippen molar-refractivity contribution in [1.82, 2.24) is 9.78 Å². The molecule has 0 amide bonds. The van der Waals surface area contributed by atoms with Crippen LogP contribution in [-0.4, -0.2) is 15.6 Å². The first-order valence-electron chi connectivity index (χ1n) is 4.94. The molecule has 0 saturated carbocycles. The first-order chi connectivity index (χ1) is 7.65. The van der Waals surface area contributed by atoms with E-state index in [1.165, 1.54) is 0 Å². The van der Waals surface area contributed by atoms with Crippen molar-refractivity contribution in [1.29, 1.82) is 0 Å². The van der Waals surface area contributed by atoms with Gasteiger partial charge in [0, 0.05) is 16.8 Å². The van der Waals surface area contributed by atoms with Gasteiger partial charge in [-0.3, -0.25) is 9.48 Å². The summed E-state index contributed by atoms with van der Waals surface area (Å²) >= 11 is 5.82. The SMILES string of the molecule is Cc1ccn(CC(=O)c2cccc(Cl)c2)n1. The van der Waals surface area contributed by atoms with Crippen molar-refractivity contribution < 1.29 is 4.79 Å². The molecule has 0 radical (unpaired) electrons. The second kappa shape index (κ2) is 4.49. The minimum absolute atomic E-state index is 0.00519. The molecule has 16 heavy (non-hydrogen) atoms. The van der Waals surface area contributed by atoms with Crippen molar-refractivity contribution >= 4 is 17.4 Å². The van der Waals surface area contributed by atoms with Crippen LogP contribution in [0, 0.1) is 6.92 Å². The van der Waals surface area contributed by atoms with Crippen LogP contribution in [0.25, 0.3) is 0 Å². The minimum Gasteiger partial charge on any atom is -0.292 e. The van der Waals surface area contributed by atoms with E-state index < -0.39 is 0 Å². The number of Topliss-reactive ketones (excluding diaryl/α,β-unsaturated/α-hetero) is 1. The number of aryl methyl sites for hydroxylation is 1.